The molecule has 8 heterocycles. The van der Waals surface area contributed by atoms with Gasteiger partial charge in [0.05, 0.1) is 38.4 Å². The summed E-state index contributed by atoms with van der Waals surface area (Å²) in [5.74, 6) is 0.586. The number of nitrogens with zero attached hydrogens (tertiary/aromatic N) is 4. The third-order valence-corrected chi connectivity index (χ3v) is 16.8. The molecule has 0 bridgehead atoms. The van der Waals surface area contributed by atoms with E-state index in [2.05, 4.69) is 273 Å². The molecule has 0 unspecified atom stereocenters. The molecule has 0 spiro atoms. The summed E-state index contributed by atoms with van der Waals surface area (Å²) in [7, 11) is 0. The summed E-state index contributed by atoms with van der Waals surface area (Å²) in [6, 6.07) is 68.9. The lowest BCUT2D eigenvalue weighted by Crippen LogP contribution is -2.33. The van der Waals surface area contributed by atoms with Crippen molar-refractivity contribution in [1.29, 1.82) is 0 Å². The van der Waals surface area contributed by atoms with Crippen molar-refractivity contribution in [3.63, 3.8) is 0 Å². The number of aromatic nitrogens is 4. The molecule has 4 aliphatic rings. The highest BCUT2D eigenvalue weighted by molar-refractivity contribution is 5.97. The smallest absolute Gasteiger partial charge is 0.193 e. The number of pyridine rings is 4. The van der Waals surface area contributed by atoms with E-state index in [1.54, 1.807) is 0 Å². The first kappa shape index (κ1) is 48.1. The molecule has 0 fully saturated rings. The third kappa shape index (κ3) is 8.57. The molecule has 4 aliphatic heterocycles. The summed E-state index contributed by atoms with van der Waals surface area (Å²) < 4.78 is 9.56. The van der Waals surface area contributed by atoms with Gasteiger partial charge in [0, 0.05) is 57.5 Å². The van der Waals surface area contributed by atoms with Crippen LogP contribution in [0.4, 0.5) is 0 Å². The van der Waals surface area contributed by atoms with E-state index in [1.165, 1.54) is 144 Å². The van der Waals surface area contributed by atoms with Crippen LogP contribution >= 0.6 is 0 Å². The van der Waals surface area contributed by atoms with Crippen molar-refractivity contribution in [3.05, 3.63) is 262 Å². The van der Waals surface area contributed by atoms with Crippen molar-refractivity contribution in [2.24, 2.45) is 0 Å². The van der Waals surface area contributed by atoms with E-state index >= 15 is 0 Å². The average Bonchev–Trinajstić information content (AvgIpc) is 4.30. The minimum Gasteiger partial charge on any atom is -0.193 e. The maximum absolute atomic E-state index is 2.43. The van der Waals surface area contributed by atoms with Gasteiger partial charge in [-0.2, -0.15) is 18.3 Å². The first-order valence-corrected chi connectivity index (χ1v) is 27.7. The summed E-state index contributed by atoms with van der Waals surface area (Å²) in [6.45, 7) is 19.5. The van der Waals surface area contributed by atoms with Crippen LogP contribution in [-0.4, -0.2) is 0 Å². The summed E-state index contributed by atoms with van der Waals surface area (Å²) in [6.07, 6.45) is 7.82. The molecule has 0 radical (unpaired) electrons. The Bertz CT molecular complexity index is 4350. The highest BCUT2D eigenvalue weighted by Gasteiger charge is 2.32. The van der Waals surface area contributed by atoms with E-state index in [-0.39, 0.29) is 0 Å². The van der Waals surface area contributed by atoms with Gasteiger partial charge in [0.1, 0.15) is 0 Å². The lowest BCUT2D eigenvalue weighted by molar-refractivity contribution is -0.671. The average molecular weight is 999 g/mol. The maximum atomic E-state index is 2.43. The summed E-state index contributed by atoms with van der Waals surface area (Å²) in [5.41, 5.74) is 26.4. The molecule has 0 N–H and O–H groups in total. The summed E-state index contributed by atoms with van der Waals surface area (Å²) in [5, 5.41) is 9.41. The van der Waals surface area contributed by atoms with Gasteiger partial charge in [0.15, 0.2) is 44.8 Å². The van der Waals surface area contributed by atoms with E-state index in [9.17, 15) is 0 Å². The number of hydrogen-bond donors (Lipinski definition) is 0. The van der Waals surface area contributed by atoms with Crippen LogP contribution in [0.5, 0.6) is 0 Å². The van der Waals surface area contributed by atoms with E-state index in [0.29, 0.717) is 5.92 Å². The molecule has 77 heavy (non-hydrogen) atoms. The Labute approximate surface area is 453 Å². The molecule has 4 aromatic heterocycles. The number of rotatable bonds is 2. The van der Waals surface area contributed by atoms with Gasteiger partial charge in [-0.1, -0.05) is 117 Å². The topological polar surface area (TPSA) is 15.5 Å². The Morgan fingerprint density at radius 3 is 1.79 bits per heavy atom. The molecule has 0 amide bonds. The van der Waals surface area contributed by atoms with Crippen molar-refractivity contribution in [2.45, 2.75) is 87.0 Å². The first-order chi connectivity index (χ1) is 37.6. The zero-order chi connectivity index (χ0) is 52.5. The fourth-order valence-electron chi connectivity index (χ4n) is 12.6. The van der Waals surface area contributed by atoms with Crippen LogP contribution in [0, 0.1) is 27.7 Å². The second-order valence-electron chi connectivity index (χ2n) is 22.1. The SMILES string of the molecule is CCc1ccc2c(c1)C[n+]1ccc3ccccc3c1-2.Cc1c[n+]2c(c3ccccc13)-c1ccc(C(C)C)cc1C2.Cc1cc2c(cc1C)-c1ccc3ccccc3[n+]1C2.Cc1ccc2c3[n+](ccc2c1)Cc1ccccc1-3. The normalized spacial score (nSPS) is 12.6. The molecule has 8 aromatic carbocycles. The lowest BCUT2D eigenvalue weighted by Gasteiger charge is -2.06. The van der Waals surface area contributed by atoms with Gasteiger partial charge in [-0.25, -0.2) is 0 Å². The van der Waals surface area contributed by atoms with Crippen LogP contribution in [0.2, 0.25) is 0 Å². The molecule has 0 saturated heterocycles. The summed E-state index contributed by atoms with van der Waals surface area (Å²) in [4.78, 5) is 0. The molecule has 374 valence electrons. The van der Waals surface area contributed by atoms with Gasteiger partial charge >= 0.3 is 0 Å². The van der Waals surface area contributed by atoms with Crippen molar-refractivity contribution in [3.8, 4) is 45.0 Å². The lowest BCUT2D eigenvalue weighted by atomic mass is 9.96. The van der Waals surface area contributed by atoms with Crippen LogP contribution in [-0.2, 0) is 32.6 Å². The molecule has 12 aromatic rings. The largest absolute Gasteiger partial charge is 0.221 e. The molecular weight excluding hydrogens is 933 g/mol. The molecule has 0 saturated carbocycles. The van der Waals surface area contributed by atoms with Crippen LogP contribution in [0.3, 0.4) is 0 Å². The van der Waals surface area contributed by atoms with Crippen molar-refractivity contribution < 1.29 is 18.3 Å². The number of aryl methyl sites for hydroxylation is 5. The van der Waals surface area contributed by atoms with Gasteiger partial charge in [-0.3, -0.25) is 0 Å². The van der Waals surface area contributed by atoms with Crippen molar-refractivity contribution in [1.82, 2.24) is 0 Å². The van der Waals surface area contributed by atoms with Crippen molar-refractivity contribution in [2.75, 3.05) is 0 Å². The Morgan fingerprint density at radius 2 is 1.00 bits per heavy atom. The highest BCUT2D eigenvalue weighted by atomic mass is 15.0. The van der Waals surface area contributed by atoms with E-state index in [4.69, 9.17) is 0 Å². The van der Waals surface area contributed by atoms with E-state index in [0.717, 1.165) is 32.6 Å². The highest BCUT2D eigenvalue weighted by Crippen LogP contribution is 2.37. The number of para-hydroxylation sites is 1. The van der Waals surface area contributed by atoms with Gasteiger partial charge in [0.25, 0.3) is 0 Å². The van der Waals surface area contributed by atoms with Crippen LogP contribution < -0.4 is 18.3 Å². The van der Waals surface area contributed by atoms with E-state index < -0.39 is 0 Å². The number of fused-ring (bicyclic) bond motifs is 20. The number of benzene rings is 8. The molecular formula is C73H66N4+4. The van der Waals surface area contributed by atoms with Gasteiger partial charge in [-0.15, -0.1) is 0 Å². The summed E-state index contributed by atoms with van der Waals surface area (Å²) >= 11 is 0. The first-order valence-electron chi connectivity index (χ1n) is 27.7. The zero-order valence-corrected chi connectivity index (χ0v) is 45.5. The zero-order valence-electron chi connectivity index (χ0n) is 45.5. The molecule has 0 atom stereocenters. The second-order valence-corrected chi connectivity index (χ2v) is 22.1. The maximum Gasteiger partial charge on any atom is 0.221 e. The van der Waals surface area contributed by atoms with E-state index in [1.807, 2.05) is 0 Å². The van der Waals surface area contributed by atoms with Gasteiger partial charge in [-0.05, 0) is 151 Å². The molecule has 0 aliphatic carbocycles. The fraction of sp³-hybridized carbons (Fsp3) is 0.178. The van der Waals surface area contributed by atoms with Crippen LogP contribution in [0.1, 0.15) is 82.3 Å². The van der Waals surface area contributed by atoms with Crippen LogP contribution in [0.25, 0.3) is 88.2 Å². The Kier molecular flexibility index (Phi) is 12.2. The van der Waals surface area contributed by atoms with Crippen LogP contribution in [0.15, 0.2) is 207 Å². The fourth-order valence-corrected chi connectivity index (χ4v) is 12.6. The predicted octanol–water partition coefficient (Wildman–Crippen LogP) is 15.5. The standard InChI is InChI=1S/C20H20N.2C18H16N.C17H14N/c1-13(2)15-8-9-18-16(10-15)12-21-11-14(3)17-6-4-5-7-19(17)20(18)21;1-12-9-15-11-19-17-6-4-3-5-14(17)7-8-18(19)16(15)10-13(12)2;1-2-13-7-8-17-15(11-13)12-19-10-9-14-5-3-4-6-16(14)18(17)19;1-12-6-7-16-13(10-12)8-9-18-11-14-4-2-3-5-15(14)17(16)18/h4-11,13H,12H2,1-3H3;3-10H,11H2,1-2H3;3-11H,2,12H2,1H3;2-10H,11H2,1H3/q4*+1. The second kappa shape index (κ2) is 19.5. The van der Waals surface area contributed by atoms with Gasteiger partial charge in [0.2, 0.25) is 28.3 Å². The molecule has 16 rings (SSSR count). The van der Waals surface area contributed by atoms with Gasteiger partial charge < -0.3 is 0 Å². The minimum atomic E-state index is 0.586. The Hall–Kier alpha value is -8.60. The molecule has 4 heteroatoms. The Balaban J connectivity index is 0.0000000981. The number of hydrogen-bond acceptors (Lipinski definition) is 0. The van der Waals surface area contributed by atoms with Crippen molar-refractivity contribution >= 4 is 43.2 Å². The Morgan fingerprint density at radius 1 is 0.403 bits per heavy atom. The monoisotopic (exact) mass is 999 g/mol. The quantitative estimate of drug-likeness (QED) is 0.153. The minimum absolute atomic E-state index is 0.586. The predicted molar refractivity (Wildman–Crippen MR) is 317 cm³/mol. The molecule has 4 nitrogen and oxygen atoms in total. The third-order valence-electron chi connectivity index (χ3n) is 16.8.